The highest BCUT2D eigenvalue weighted by Crippen LogP contribution is 2.40. The monoisotopic (exact) mass is 386 g/mol. The van der Waals surface area contributed by atoms with Gasteiger partial charge in [-0.1, -0.05) is 0 Å². The molecule has 150 valence electrons. The summed E-state index contributed by atoms with van der Waals surface area (Å²) in [6, 6.07) is 6.70. The van der Waals surface area contributed by atoms with E-state index >= 15 is 0 Å². The first kappa shape index (κ1) is 20.0. The summed E-state index contributed by atoms with van der Waals surface area (Å²) in [6.45, 7) is 5.81. The summed E-state index contributed by atoms with van der Waals surface area (Å²) in [5, 5.41) is 2.42. The molecule has 1 N–H and O–H groups in total. The van der Waals surface area contributed by atoms with Crippen molar-refractivity contribution in [2.45, 2.75) is 58.5 Å². The van der Waals surface area contributed by atoms with Gasteiger partial charge < -0.3 is 9.64 Å². The van der Waals surface area contributed by atoms with Gasteiger partial charge in [-0.2, -0.15) is 0 Å². The average molecular weight is 386 g/mol. The predicted molar refractivity (Wildman–Crippen MR) is 103 cm³/mol. The number of hydrogen-bond acceptors (Lipinski definition) is 5. The largest absolute Gasteiger partial charge is 0.456 e. The third-order valence-corrected chi connectivity index (χ3v) is 5.21. The van der Waals surface area contributed by atoms with Crippen molar-refractivity contribution in [1.29, 1.82) is 0 Å². The standard InChI is InChI=1S/C21H26N2O5/c1-20(2,3)28-18(26)14-6-8-15(9-7-14)23-12-11-21(13-17(23)25)10-4-5-16(24)22-19(21)27/h6-9H,4-5,10-13H2,1-3H3,(H,22,24,27). The Balaban J connectivity index is 1.71. The first-order valence-electron chi connectivity index (χ1n) is 9.58. The molecule has 2 heterocycles. The van der Waals surface area contributed by atoms with Crippen LogP contribution in [0.15, 0.2) is 24.3 Å². The molecule has 3 amide bonds. The molecule has 7 nitrogen and oxygen atoms in total. The number of carbonyl (C=O) groups is 4. The van der Waals surface area contributed by atoms with Gasteiger partial charge in [0.25, 0.3) is 0 Å². The van der Waals surface area contributed by atoms with Crippen LogP contribution in [0.25, 0.3) is 0 Å². The van der Waals surface area contributed by atoms with Crippen LogP contribution in [0.1, 0.15) is 63.2 Å². The molecule has 1 unspecified atom stereocenters. The zero-order chi connectivity index (χ0) is 20.5. The molecule has 1 aromatic rings. The molecule has 0 radical (unpaired) electrons. The van der Waals surface area contributed by atoms with E-state index in [1.807, 2.05) is 0 Å². The molecule has 0 aromatic heterocycles. The van der Waals surface area contributed by atoms with E-state index in [-0.39, 0.29) is 24.1 Å². The first-order chi connectivity index (χ1) is 13.1. The van der Waals surface area contributed by atoms with Gasteiger partial charge in [0.1, 0.15) is 5.60 Å². The van der Waals surface area contributed by atoms with Crippen molar-refractivity contribution < 1.29 is 23.9 Å². The Bertz CT molecular complexity index is 809. The number of carbonyl (C=O) groups excluding carboxylic acids is 4. The smallest absolute Gasteiger partial charge is 0.338 e. The van der Waals surface area contributed by atoms with Crippen LogP contribution in [0, 0.1) is 5.41 Å². The number of esters is 1. The molecule has 2 aliphatic rings. The summed E-state index contributed by atoms with van der Waals surface area (Å²) in [6.07, 6.45) is 2.06. The molecule has 2 aliphatic heterocycles. The topological polar surface area (TPSA) is 92.8 Å². The summed E-state index contributed by atoms with van der Waals surface area (Å²) in [5.74, 6) is -1.17. The SMILES string of the molecule is CC(C)(C)OC(=O)c1ccc(N2CCC3(CCCC(=O)NC3=O)CC2=O)cc1. The van der Waals surface area contributed by atoms with Gasteiger partial charge in [-0.15, -0.1) is 0 Å². The van der Waals surface area contributed by atoms with Crippen LogP contribution < -0.4 is 10.2 Å². The highest BCUT2D eigenvalue weighted by atomic mass is 16.6. The number of rotatable bonds is 2. The van der Waals surface area contributed by atoms with Gasteiger partial charge in [0.2, 0.25) is 17.7 Å². The van der Waals surface area contributed by atoms with Crippen LogP contribution >= 0.6 is 0 Å². The van der Waals surface area contributed by atoms with Gasteiger partial charge in [0, 0.05) is 25.1 Å². The van der Waals surface area contributed by atoms with Crippen molar-refractivity contribution in [2.75, 3.05) is 11.4 Å². The number of amides is 3. The molecule has 28 heavy (non-hydrogen) atoms. The molecule has 0 saturated carbocycles. The number of anilines is 1. The lowest BCUT2D eigenvalue weighted by molar-refractivity contribution is -0.140. The van der Waals surface area contributed by atoms with Crippen LogP contribution in [-0.4, -0.2) is 35.8 Å². The number of piperidine rings is 1. The van der Waals surface area contributed by atoms with Gasteiger partial charge >= 0.3 is 5.97 Å². The summed E-state index contributed by atoms with van der Waals surface area (Å²) < 4.78 is 5.35. The summed E-state index contributed by atoms with van der Waals surface area (Å²) in [4.78, 5) is 50.6. The lowest BCUT2D eigenvalue weighted by Crippen LogP contribution is -2.51. The lowest BCUT2D eigenvalue weighted by atomic mass is 9.74. The molecule has 7 heteroatoms. The van der Waals surface area contributed by atoms with Crippen molar-refractivity contribution >= 4 is 29.4 Å². The third-order valence-electron chi connectivity index (χ3n) is 5.21. The van der Waals surface area contributed by atoms with Gasteiger partial charge in [0.05, 0.1) is 11.0 Å². The predicted octanol–water partition coefficient (Wildman–Crippen LogP) is 2.58. The molecule has 1 atom stereocenters. The average Bonchev–Trinajstić information content (AvgIpc) is 2.72. The van der Waals surface area contributed by atoms with Crippen LogP contribution in [-0.2, 0) is 19.1 Å². The Morgan fingerprint density at radius 2 is 1.79 bits per heavy atom. The van der Waals surface area contributed by atoms with E-state index in [1.54, 1.807) is 49.9 Å². The fraction of sp³-hybridized carbons (Fsp3) is 0.524. The normalized spacial score (nSPS) is 23.4. The quantitative estimate of drug-likeness (QED) is 0.623. The number of benzene rings is 1. The van der Waals surface area contributed by atoms with Crippen LogP contribution in [0.4, 0.5) is 5.69 Å². The van der Waals surface area contributed by atoms with Gasteiger partial charge in [-0.3, -0.25) is 19.7 Å². The van der Waals surface area contributed by atoms with E-state index in [9.17, 15) is 19.2 Å². The maximum absolute atomic E-state index is 12.8. The Hall–Kier alpha value is -2.70. The van der Waals surface area contributed by atoms with Crippen LogP contribution in [0.3, 0.4) is 0 Å². The molecule has 1 spiro atoms. The van der Waals surface area contributed by atoms with E-state index in [2.05, 4.69) is 5.32 Å². The van der Waals surface area contributed by atoms with E-state index < -0.39 is 17.0 Å². The zero-order valence-electron chi connectivity index (χ0n) is 16.5. The maximum Gasteiger partial charge on any atom is 0.338 e. The highest BCUT2D eigenvalue weighted by Gasteiger charge is 2.46. The molecule has 0 aliphatic carbocycles. The van der Waals surface area contributed by atoms with Crippen LogP contribution in [0.2, 0.25) is 0 Å². The van der Waals surface area contributed by atoms with Gasteiger partial charge in [-0.25, -0.2) is 4.79 Å². The Morgan fingerprint density at radius 1 is 1.11 bits per heavy atom. The van der Waals surface area contributed by atoms with E-state index in [0.29, 0.717) is 43.5 Å². The molecule has 1 aromatic carbocycles. The summed E-state index contributed by atoms with van der Waals surface area (Å²) in [7, 11) is 0. The zero-order valence-corrected chi connectivity index (χ0v) is 16.5. The molecular weight excluding hydrogens is 360 g/mol. The summed E-state index contributed by atoms with van der Waals surface area (Å²) >= 11 is 0. The van der Waals surface area contributed by atoms with E-state index in [0.717, 1.165) is 0 Å². The second kappa shape index (κ2) is 7.37. The molecule has 2 fully saturated rings. The minimum absolute atomic E-state index is 0.0833. The molecular formula is C21H26N2O5. The minimum atomic E-state index is -0.795. The number of imide groups is 1. The second-order valence-electron chi connectivity index (χ2n) is 8.53. The number of ether oxygens (including phenoxy) is 1. The van der Waals surface area contributed by atoms with Crippen molar-refractivity contribution in [2.24, 2.45) is 5.41 Å². The Labute approximate surface area is 164 Å². The number of nitrogens with one attached hydrogen (secondary N) is 1. The third kappa shape index (κ3) is 4.24. The molecule has 3 rings (SSSR count). The van der Waals surface area contributed by atoms with Crippen molar-refractivity contribution in [3.05, 3.63) is 29.8 Å². The first-order valence-corrected chi connectivity index (χ1v) is 9.58. The van der Waals surface area contributed by atoms with E-state index in [4.69, 9.17) is 4.74 Å². The van der Waals surface area contributed by atoms with Crippen LogP contribution in [0.5, 0.6) is 0 Å². The minimum Gasteiger partial charge on any atom is -0.456 e. The maximum atomic E-state index is 12.8. The van der Waals surface area contributed by atoms with Crippen molar-refractivity contribution in [1.82, 2.24) is 5.32 Å². The Kier molecular flexibility index (Phi) is 5.28. The molecule has 2 saturated heterocycles. The highest BCUT2D eigenvalue weighted by molar-refractivity contribution is 6.04. The van der Waals surface area contributed by atoms with Gasteiger partial charge in [0.15, 0.2) is 0 Å². The fourth-order valence-corrected chi connectivity index (χ4v) is 3.74. The Morgan fingerprint density at radius 3 is 2.39 bits per heavy atom. The van der Waals surface area contributed by atoms with Crippen molar-refractivity contribution in [3.63, 3.8) is 0 Å². The molecule has 0 bridgehead atoms. The van der Waals surface area contributed by atoms with E-state index in [1.165, 1.54) is 0 Å². The van der Waals surface area contributed by atoms with Crippen molar-refractivity contribution in [3.8, 4) is 0 Å². The lowest BCUT2D eigenvalue weighted by Gasteiger charge is -2.39. The summed E-state index contributed by atoms with van der Waals surface area (Å²) in [5.41, 5.74) is -0.275. The second-order valence-corrected chi connectivity index (χ2v) is 8.53. The van der Waals surface area contributed by atoms with Gasteiger partial charge in [-0.05, 0) is 64.3 Å². The number of hydrogen-bond donors (Lipinski definition) is 1. The number of nitrogens with zero attached hydrogens (tertiary/aromatic N) is 1. The fourth-order valence-electron chi connectivity index (χ4n) is 3.74.